The van der Waals surface area contributed by atoms with Crippen molar-refractivity contribution in [2.45, 2.75) is 39.2 Å². The van der Waals surface area contributed by atoms with Crippen LogP contribution >= 0.6 is 11.3 Å². The fourth-order valence-electron chi connectivity index (χ4n) is 3.67. The molecule has 2 heterocycles. The van der Waals surface area contributed by atoms with Gasteiger partial charge in [-0.15, -0.1) is 0 Å². The second-order valence-corrected chi connectivity index (χ2v) is 8.26. The van der Waals surface area contributed by atoms with Gasteiger partial charge in [0, 0.05) is 37.0 Å². The zero-order chi connectivity index (χ0) is 15.0. The van der Waals surface area contributed by atoms with Crippen LogP contribution in [0, 0.1) is 11.3 Å². The van der Waals surface area contributed by atoms with Crippen molar-refractivity contribution in [3.63, 3.8) is 0 Å². The van der Waals surface area contributed by atoms with E-state index >= 15 is 0 Å². The third-order valence-corrected chi connectivity index (χ3v) is 6.01. The van der Waals surface area contributed by atoms with Crippen LogP contribution in [0.4, 0.5) is 5.13 Å². The van der Waals surface area contributed by atoms with Crippen LogP contribution in [0.2, 0.25) is 0 Å². The van der Waals surface area contributed by atoms with E-state index in [1.807, 2.05) is 11.3 Å². The molecule has 0 spiro atoms. The van der Waals surface area contributed by atoms with E-state index in [1.165, 1.54) is 28.5 Å². The number of methoxy groups -OCH3 is 1. The minimum Gasteiger partial charge on any atom is -0.384 e. The summed E-state index contributed by atoms with van der Waals surface area (Å²) in [6.45, 7) is 7.78. The maximum Gasteiger partial charge on any atom is 0.185 e. The second-order valence-electron chi connectivity index (χ2n) is 7.25. The lowest BCUT2D eigenvalue weighted by Gasteiger charge is -2.34. The molecule has 0 radical (unpaired) electrons. The minimum atomic E-state index is 0.343. The monoisotopic (exact) mass is 309 g/mol. The Morgan fingerprint density at radius 2 is 2.29 bits per heavy atom. The smallest absolute Gasteiger partial charge is 0.185 e. The van der Waals surface area contributed by atoms with Crippen molar-refractivity contribution in [1.82, 2.24) is 10.3 Å². The Morgan fingerprint density at radius 3 is 3.00 bits per heavy atom. The lowest BCUT2D eigenvalue weighted by molar-refractivity contribution is 0.161. The molecule has 1 N–H and O–H groups in total. The number of anilines is 1. The Bertz CT molecular complexity index is 500. The van der Waals surface area contributed by atoms with Crippen LogP contribution in [0.15, 0.2) is 0 Å². The van der Waals surface area contributed by atoms with Gasteiger partial charge in [0.2, 0.25) is 0 Å². The predicted molar refractivity (Wildman–Crippen MR) is 88.2 cm³/mol. The Balaban J connectivity index is 1.79. The van der Waals surface area contributed by atoms with Gasteiger partial charge in [-0.2, -0.15) is 0 Å². The summed E-state index contributed by atoms with van der Waals surface area (Å²) in [6, 6.07) is 0.465. The molecular formula is C16H27N3OS. The third kappa shape index (κ3) is 3.10. The van der Waals surface area contributed by atoms with Crippen molar-refractivity contribution >= 4 is 16.5 Å². The molecule has 1 aromatic rings. The van der Waals surface area contributed by atoms with Crippen molar-refractivity contribution in [3.8, 4) is 0 Å². The molecule has 1 aliphatic heterocycles. The van der Waals surface area contributed by atoms with Gasteiger partial charge in [-0.3, -0.25) is 0 Å². The molecule has 1 aliphatic carbocycles. The molecule has 0 saturated carbocycles. The molecule has 1 saturated heterocycles. The van der Waals surface area contributed by atoms with Crippen LogP contribution in [0.3, 0.4) is 0 Å². The van der Waals surface area contributed by atoms with Gasteiger partial charge in [0.05, 0.1) is 12.3 Å². The summed E-state index contributed by atoms with van der Waals surface area (Å²) in [5.41, 5.74) is 1.66. The first-order valence-electron chi connectivity index (χ1n) is 7.93. The number of aromatic nitrogens is 1. The van der Waals surface area contributed by atoms with Crippen LogP contribution in [0.25, 0.3) is 0 Å². The normalized spacial score (nSPS) is 27.9. The summed E-state index contributed by atoms with van der Waals surface area (Å²) in [7, 11) is 3.87. The van der Waals surface area contributed by atoms with Gasteiger partial charge in [0.25, 0.3) is 0 Å². The van der Waals surface area contributed by atoms with E-state index in [0.717, 1.165) is 26.1 Å². The van der Waals surface area contributed by atoms with Gasteiger partial charge in [-0.05, 0) is 31.7 Å². The number of nitrogens with zero attached hydrogens (tertiary/aromatic N) is 2. The molecule has 2 aliphatic rings. The van der Waals surface area contributed by atoms with Crippen molar-refractivity contribution in [1.29, 1.82) is 0 Å². The maximum atomic E-state index is 5.30. The van der Waals surface area contributed by atoms with Gasteiger partial charge >= 0.3 is 0 Å². The standard InChI is InChI=1S/C16H27N3OS/c1-16(2)7-12(17-3)14-13(8-16)18-15(21-14)19-6-5-11(9-19)10-20-4/h11-12,17H,5-10H2,1-4H3. The topological polar surface area (TPSA) is 37.4 Å². The van der Waals surface area contributed by atoms with Crippen molar-refractivity contribution < 1.29 is 4.74 Å². The third-order valence-electron chi connectivity index (χ3n) is 4.74. The minimum absolute atomic E-state index is 0.343. The summed E-state index contributed by atoms with van der Waals surface area (Å²) in [5.74, 6) is 0.660. The Morgan fingerprint density at radius 1 is 1.48 bits per heavy atom. The molecule has 118 valence electrons. The van der Waals surface area contributed by atoms with Crippen molar-refractivity contribution in [2.24, 2.45) is 11.3 Å². The molecule has 1 aromatic heterocycles. The zero-order valence-electron chi connectivity index (χ0n) is 13.6. The molecule has 0 aromatic carbocycles. The quantitative estimate of drug-likeness (QED) is 0.928. The average Bonchev–Trinajstić information content (AvgIpc) is 3.03. The maximum absolute atomic E-state index is 5.30. The van der Waals surface area contributed by atoms with Crippen molar-refractivity contribution in [2.75, 3.05) is 38.8 Å². The van der Waals surface area contributed by atoms with E-state index in [9.17, 15) is 0 Å². The van der Waals surface area contributed by atoms with Crippen LogP contribution in [-0.4, -0.2) is 38.8 Å². The number of ether oxygens (including phenoxy) is 1. The highest BCUT2D eigenvalue weighted by Crippen LogP contribution is 2.45. The van der Waals surface area contributed by atoms with Crippen LogP contribution in [0.1, 0.15) is 43.3 Å². The number of rotatable bonds is 4. The Labute approximate surface area is 131 Å². The number of hydrogen-bond acceptors (Lipinski definition) is 5. The predicted octanol–water partition coefficient (Wildman–Crippen LogP) is 2.85. The first-order valence-corrected chi connectivity index (χ1v) is 8.75. The SMILES string of the molecule is CNC1CC(C)(C)Cc2nc(N3CCC(COC)C3)sc21. The molecule has 3 rings (SSSR count). The van der Waals surface area contributed by atoms with E-state index in [4.69, 9.17) is 9.72 Å². The van der Waals surface area contributed by atoms with E-state index < -0.39 is 0 Å². The summed E-state index contributed by atoms with van der Waals surface area (Å²) in [4.78, 5) is 8.90. The van der Waals surface area contributed by atoms with Gasteiger partial charge in [0.15, 0.2) is 5.13 Å². The summed E-state index contributed by atoms with van der Waals surface area (Å²) < 4.78 is 5.30. The largest absolute Gasteiger partial charge is 0.384 e. The highest BCUT2D eigenvalue weighted by atomic mass is 32.1. The van der Waals surface area contributed by atoms with E-state index in [2.05, 4.69) is 31.1 Å². The Kier molecular flexibility index (Phi) is 4.26. The fourth-order valence-corrected chi connectivity index (χ4v) is 4.89. The molecule has 1 fully saturated rings. The molecule has 4 nitrogen and oxygen atoms in total. The highest BCUT2D eigenvalue weighted by Gasteiger charge is 2.35. The van der Waals surface area contributed by atoms with Crippen molar-refractivity contribution in [3.05, 3.63) is 10.6 Å². The van der Waals surface area contributed by atoms with Crippen LogP contribution in [-0.2, 0) is 11.2 Å². The van der Waals surface area contributed by atoms with Crippen LogP contribution < -0.4 is 10.2 Å². The van der Waals surface area contributed by atoms with E-state index in [1.54, 1.807) is 7.11 Å². The molecular weight excluding hydrogens is 282 g/mol. The van der Waals surface area contributed by atoms with Gasteiger partial charge < -0.3 is 15.0 Å². The molecule has 5 heteroatoms. The molecule has 0 bridgehead atoms. The molecule has 21 heavy (non-hydrogen) atoms. The number of thiazole rings is 1. The molecule has 0 amide bonds. The summed E-state index contributed by atoms with van der Waals surface area (Å²) in [5, 5.41) is 4.70. The lowest BCUT2D eigenvalue weighted by Crippen LogP contribution is -2.30. The van der Waals surface area contributed by atoms with Gasteiger partial charge in [-0.1, -0.05) is 25.2 Å². The molecule has 2 unspecified atom stereocenters. The van der Waals surface area contributed by atoms with Crippen LogP contribution in [0.5, 0.6) is 0 Å². The summed E-state index contributed by atoms with van der Waals surface area (Å²) >= 11 is 1.90. The van der Waals surface area contributed by atoms with E-state index in [0.29, 0.717) is 17.4 Å². The van der Waals surface area contributed by atoms with E-state index in [-0.39, 0.29) is 0 Å². The molecule has 2 atom stereocenters. The summed E-state index contributed by atoms with van der Waals surface area (Å²) in [6.07, 6.45) is 3.52. The zero-order valence-corrected chi connectivity index (χ0v) is 14.4. The highest BCUT2D eigenvalue weighted by molar-refractivity contribution is 7.15. The fraction of sp³-hybridized carbons (Fsp3) is 0.812. The number of fused-ring (bicyclic) bond motifs is 1. The average molecular weight is 309 g/mol. The number of nitrogens with one attached hydrogen (secondary N) is 1. The van der Waals surface area contributed by atoms with Gasteiger partial charge in [-0.25, -0.2) is 4.98 Å². The van der Waals surface area contributed by atoms with Gasteiger partial charge in [0.1, 0.15) is 0 Å². The number of hydrogen-bond donors (Lipinski definition) is 1. The first-order chi connectivity index (χ1) is 10.0. The lowest BCUT2D eigenvalue weighted by atomic mass is 9.76. The second kappa shape index (κ2) is 5.86. The Hall–Kier alpha value is -0.650. The first kappa shape index (κ1) is 15.3.